The zero-order chi connectivity index (χ0) is 13.6. The molecule has 0 radical (unpaired) electrons. The van der Waals surface area contributed by atoms with Crippen LogP contribution >= 0.6 is 11.6 Å². The molecule has 2 aromatic rings. The van der Waals surface area contributed by atoms with Crippen LogP contribution in [0.25, 0.3) is 10.8 Å². The van der Waals surface area contributed by atoms with E-state index in [9.17, 15) is 9.90 Å². The van der Waals surface area contributed by atoms with Crippen molar-refractivity contribution in [1.82, 2.24) is 0 Å². The summed E-state index contributed by atoms with van der Waals surface area (Å²) < 4.78 is 0. The minimum Gasteiger partial charge on any atom is -0.507 e. The van der Waals surface area contributed by atoms with E-state index in [1.807, 2.05) is 24.3 Å². The van der Waals surface area contributed by atoms with Gasteiger partial charge in [-0.25, -0.2) is 0 Å². The molecule has 1 N–H and O–H groups in total. The van der Waals surface area contributed by atoms with Crippen molar-refractivity contribution in [2.75, 3.05) is 17.3 Å². The number of alkyl halides is 1. The molecule has 1 aliphatic heterocycles. The van der Waals surface area contributed by atoms with E-state index in [1.54, 1.807) is 11.0 Å². The molecule has 4 heteroatoms. The fraction of sp³-hybridized carbons (Fsp3) is 0.267. The first kappa shape index (κ1) is 12.3. The molecule has 1 amide bonds. The van der Waals surface area contributed by atoms with Gasteiger partial charge < -0.3 is 10.0 Å². The number of anilines is 1. The summed E-state index contributed by atoms with van der Waals surface area (Å²) in [5.41, 5.74) is 1.85. The molecule has 1 aliphatic rings. The maximum atomic E-state index is 11.7. The highest BCUT2D eigenvalue weighted by molar-refractivity contribution is 6.19. The third-order valence-corrected chi connectivity index (χ3v) is 4.08. The molecule has 0 saturated heterocycles. The number of carbonyl (C=O) groups excluding carboxylic acids is 1. The fourth-order valence-corrected chi connectivity index (χ4v) is 3.10. The summed E-state index contributed by atoms with van der Waals surface area (Å²) in [7, 11) is 0. The van der Waals surface area contributed by atoms with Gasteiger partial charge in [0.1, 0.15) is 5.75 Å². The standard InChI is InChI=1S/C15H14ClNO2/c1-9(18)17-8-10(7-16)15-12-5-3-2-4-11(12)14(19)6-13(15)17/h2-6,10,19H,7-8H2,1H3/t10-/m1/s1. The van der Waals surface area contributed by atoms with Gasteiger partial charge in [-0.3, -0.25) is 4.79 Å². The third-order valence-electron chi connectivity index (χ3n) is 3.71. The molecule has 2 aromatic carbocycles. The van der Waals surface area contributed by atoms with Gasteiger partial charge in [-0.05, 0) is 10.9 Å². The van der Waals surface area contributed by atoms with Crippen LogP contribution in [0.5, 0.6) is 5.75 Å². The number of rotatable bonds is 1. The van der Waals surface area contributed by atoms with Crippen LogP contribution in [0, 0.1) is 0 Å². The van der Waals surface area contributed by atoms with E-state index in [2.05, 4.69) is 0 Å². The second kappa shape index (κ2) is 4.42. The number of phenolic OH excluding ortho intramolecular Hbond substituents is 1. The first-order valence-electron chi connectivity index (χ1n) is 6.22. The van der Waals surface area contributed by atoms with Gasteiger partial charge in [-0.15, -0.1) is 11.6 Å². The molecule has 0 spiro atoms. The lowest BCUT2D eigenvalue weighted by Crippen LogP contribution is -2.27. The van der Waals surface area contributed by atoms with Crippen molar-refractivity contribution in [3.05, 3.63) is 35.9 Å². The number of halogens is 1. The van der Waals surface area contributed by atoms with Gasteiger partial charge in [0.25, 0.3) is 0 Å². The highest BCUT2D eigenvalue weighted by Gasteiger charge is 2.32. The van der Waals surface area contributed by atoms with E-state index in [0.29, 0.717) is 12.4 Å². The molecular weight excluding hydrogens is 262 g/mol. The smallest absolute Gasteiger partial charge is 0.223 e. The van der Waals surface area contributed by atoms with Crippen LogP contribution in [-0.4, -0.2) is 23.4 Å². The minimum atomic E-state index is -0.0245. The molecule has 0 aromatic heterocycles. The zero-order valence-electron chi connectivity index (χ0n) is 10.6. The lowest BCUT2D eigenvalue weighted by Gasteiger charge is -2.15. The van der Waals surface area contributed by atoms with Crippen molar-refractivity contribution in [3.8, 4) is 5.75 Å². The SMILES string of the molecule is CC(=O)N1C[C@@H](CCl)c2c1cc(O)c1ccccc21. The van der Waals surface area contributed by atoms with Crippen molar-refractivity contribution < 1.29 is 9.90 Å². The summed E-state index contributed by atoms with van der Waals surface area (Å²) in [6.07, 6.45) is 0. The average Bonchev–Trinajstić information content (AvgIpc) is 2.78. The number of fused-ring (bicyclic) bond motifs is 3. The van der Waals surface area contributed by atoms with E-state index in [-0.39, 0.29) is 17.6 Å². The average molecular weight is 276 g/mol. The molecule has 98 valence electrons. The molecule has 0 unspecified atom stereocenters. The molecule has 19 heavy (non-hydrogen) atoms. The van der Waals surface area contributed by atoms with Crippen molar-refractivity contribution in [1.29, 1.82) is 0 Å². The van der Waals surface area contributed by atoms with Gasteiger partial charge in [0.15, 0.2) is 0 Å². The number of hydrogen-bond acceptors (Lipinski definition) is 2. The topological polar surface area (TPSA) is 40.5 Å². The van der Waals surface area contributed by atoms with Crippen LogP contribution in [0.2, 0.25) is 0 Å². The second-order valence-corrected chi connectivity index (χ2v) is 5.16. The largest absolute Gasteiger partial charge is 0.507 e. The Morgan fingerprint density at radius 1 is 1.42 bits per heavy atom. The van der Waals surface area contributed by atoms with Crippen molar-refractivity contribution in [2.24, 2.45) is 0 Å². The lowest BCUT2D eigenvalue weighted by atomic mass is 9.95. The van der Waals surface area contributed by atoms with Crippen LogP contribution in [0.15, 0.2) is 30.3 Å². The molecule has 0 fully saturated rings. The van der Waals surface area contributed by atoms with Crippen molar-refractivity contribution in [3.63, 3.8) is 0 Å². The molecule has 1 heterocycles. The maximum Gasteiger partial charge on any atom is 0.223 e. The van der Waals surface area contributed by atoms with E-state index < -0.39 is 0 Å². The third kappa shape index (κ3) is 1.77. The Kier molecular flexibility index (Phi) is 2.86. The van der Waals surface area contributed by atoms with Crippen molar-refractivity contribution in [2.45, 2.75) is 12.8 Å². The summed E-state index contributed by atoms with van der Waals surface area (Å²) >= 11 is 6.05. The highest BCUT2D eigenvalue weighted by atomic mass is 35.5. The van der Waals surface area contributed by atoms with Gasteiger partial charge in [-0.2, -0.15) is 0 Å². The molecule has 1 atom stereocenters. The summed E-state index contributed by atoms with van der Waals surface area (Å²) in [6, 6.07) is 9.35. The molecule has 0 aliphatic carbocycles. The number of aromatic hydroxyl groups is 1. The Balaban J connectivity index is 2.34. The quantitative estimate of drug-likeness (QED) is 0.812. The zero-order valence-corrected chi connectivity index (χ0v) is 11.3. The predicted molar refractivity (Wildman–Crippen MR) is 77.1 cm³/mol. The van der Waals surface area contributed by atoms with E-state index in [0.717, 1.165) is 22.0 Å². The Morgan fingerprint density at radius 3 is 2.74 bits per heavy atom. The van der Waals surface area contributed by atoms with Gasteiger partial charge in [-0.1, -0.05) is 24.3 Å². The monoisotopic (exact) mass is 275 g/mol. The number of phenols is 1. The Hall–Kier alpha value is -1.74. The molecular formula is C15H14ClNO2. The van der Waals surface area contributed by atoms with E-state index in [1.165, 1.54) is 6.92 Å². The van der Waals surface area contributed by atoms with Crippen molar-refractivity contribution >= 4 is 34.0 Å². The number of benzene rings is 2. The highest BCUT2D eigenvalue weighted by Crippen LogP contribution is 2.44. The number of amides is 1. The predicted octanol–water partition coefficient (Wildman–Crippen LogP) is 3.23. The number of nitrogens with zero attached hydrogens (tertiary/aromatic N) is 1. The molecule has 0 saturated carbocycles. The first-order valence-corrected chi connectivity index (χ1v) is 6.75. The van der Waals surface area contributed by atoms with Gasteiger partial charge in [0, 0.05) is 36.7 Å². The maximum absolute atomic E-state index is 11.7. The Bertz CT molecular complexity index is 668. The van der Waals surface area contributed by atoms with E-state index >= 15 is 0 Å². The lowest BCUT2D eigenvalue weighted by molar-refractivity contribution is -0.116. The normalized spacial score (nSPS) is 17.8. The van der Waals surface area contributed by atoms with E-state index in [4.69, 9.17) is 11.6 Å². The van der Waals surface area contributed by atoms with Gasteiger partial charge in [0.05, 0.1) is 5.69 Å². The van der Waals surface area contributed by atoms with Crippen LogP contribution in [0.4, 0.5) is 5.69 Å². The van der Waals surface area contributed by atoms with Gasteiger partial charge >= 0.3 is 0 Å². The summed E-state index contributed by atoms with van der Waals surface area (Å²) in [6.45, 7) is 2.12. The van der Waals surface area contributed by atoms with Crippen LogP contribution in [-0.2, 0) is 4.79 Å². The van der Waals surface area contributed by atoms with Crippen LogP contribution in [0.3, 0.4) is 0 Å². The first-order chi connectivity index (χ1) is 9.13. The van der Waals surface area contributed by atoms with Gasteiger partial charge in [0.2, 0.25) is 5.91 Å². The molecule has 3 rings (SSSR count). The van der Waals surface area contributed by atoms with Crippen LogP contribution < -0.4 is 4.90 Å². The van der Waals surface area contributed by atoms with Crippen LogP contribution in [0.1, 0.15) is 18.4 Å². The molecule has 0 bridgehead atoms. The number of carbonyl (C=O) groups is 1. The summed E-state index contributed by atoms with van der Waals surface area (Å²) in [5, 5.41) is 11.9. The summed E-state index contributed by atoms with van der Waals surface area (Å²) in [5.74, 6) is 0.761. The Labute approximate surface area is 116 Å². The summed E-state index contributed by atoms with van der Waals surface area (Å²) in [4.78, 5) is 13.4. The minimum absolute atomic E-state index is 0.0245. The Morgan fingerprint density at radius 2 is 2.11 bits per heavy atom. The molecule has 3 nitrogen and oxygen atoms in total. The fourth-order valence-electron chi connectivity index (χ4n) is 2.85. The number of hydrogen-bond donors (Lipinski definition) is 1. The second-order valence-electron chi connectivity index (χ2n) is 4.85.